The molecule has 2 N–H and O–H groups in total. The van der Waals surface area contributed by atoms with E-state index in [2.05, 4.69) is 29.8 Å². The first-order valence-corrected chi connectivity index (χ1v) is 8.85. The standard InChI is InChI=1S/C14H20BrNO2S/c1-14(2)9-5-8-12(13(14)16)19(17,18)11-7-4-3-6-10(11)15/h3-4,6-7,12-13H,5,8-9,16H2,1-2H3. The summed E-state index contributed by atoms with van der Waals surface area (Å²) in [5, 5.41) is -0.491. The highest BCUT2D eigenvalue weighted by Crippen LogP contribution is 2.40. The number of sulfone groups is 1. The van der Waals surface area contributed by atoms with Gasteiger partial charge < -0.3 is 5.73 Å². The van der Waals surface area contributed by atoms with Crippen molar-refractivity contribution in [3.05, 3.63) is 28.7 Å². The third-order valence-corrected chi connectivity index (χ3v) is 7.40. The first-order valence-electron chi connectivity index (χ1n) is 6.51. The molecule has 0 heterocycles. The number of hydrogen-bond acceptors (Lipinski definition) is 3. The van der Waals surface area contributed by atoms with Gasteiger partial charge in [0.25, 0.3) is 0 Å². The largest absolute Gasteiger partial charge is 0.326 e. The van der Waals surface area contributed by atoms with E-state index in [1.165, 1.54) is 0 Å². The lowest BCUT2D eigenvalue weighted by Gasteiger charge is -2.41. The Kier molecular flexibility index (Phi) is 4.10. The molecule has 2 rings (SSSR count). The van der Waals surface area contributed by atoms with Crippen molar-refractivity contribution < 1.29 is 8.42 Å². The SMILES string of the molecule is CC1(C)CCCC(S(=O)(=O)c2ccccc2Br)C1N. The summed E-state index contributed by atoms with van der Waals surface area (Å²) in [4.78, 5) is 0.355. The molecular weight excluding hydrogens is 326 g/mol. The van der Waals surface area contributed by atoms with E-state index in [0.717, 1.165) is 12.8 Å². The fourth-order valence-corrected chi connectivity index (χ4v) is 5.92. The molecule has 106 valence electrons. The normalized spacial score (nSPS) is 27.2. The molecule has 2 atom stereocenters. The topological polar surface area (TPSA) is 60.2 Å². The molecule has 2 unspecified atom stereocenters. The highest BCUT2D eigenvalue weighted by Gasteiger charge is 2.43. The lowest BCUT2D eigenvalue weighted by atomic mass is 9.73. The van der Waals surface area contributed by atoms with E-state index in [4.69, 9.17) is 5.73 Å². The van der Waals surface area contributed by atoms with Gasteiger partial charge in [-0.1, -0.05) is 32.4 Å². The van der Waals surface area contributed by atoms with Crippen molar-refractivity contribution in [1.82, 2.24) is 0 Å². The van der Waals surface area contributed by atoms with Gasteiger partial charge in [0.1, 0.15) is 0 Å². The van der Waals surface area contributed by atoms with E-state index < -0.39 is 15.1 Å². The smallest absolute Gasteiger partial charge is 0.183 e. The number of hydrogen-bond donors (Lipinski definition) is 1. The van der Waals surface area contributed by atoms with Crippen molar-refractivity contribution in [2.45, 2.75) is 49.3 Å². The van der Waals surface area contributed by atoms with Crippen LogP contribution in [0.1, 0.15) is 33.1 Å². The number of rotatable bonds is 2. The zero-order valence-corrected chi connectivity index (χ0v) is 13.7. The minimum atomic E-state index is -3.38. The Hall–Kier alpha value is -0.390. The van der Waals surface area contributed by atoms with Crippen molar-refractivity contribution in [2.75, 3.05) is 0 Å². The molecule has 0 amide bonds. The summed E-state index contributed by atoms with van der Waals surface area (Å²) in [7, 11) is -3.38. The summed E-state index contributed by atoms with van der Waals surface area (Å²) in [6.07, 6.45) is 2.54. The van der Waals surface area contributed by atoms with E-state index in [1.807, 2.05) is 6.07 Å². The summed E-state index contributed by atoms with van der Waals surface area (Å²) in [5.74, 6) is 0. The first-order chi connectivity index (χ1) is 8.77. The molecule has 1 aromatic rings. The predicted molar refractivity (Wildman–Crippen MR) is 80.7 cm³/mol. The van der Waals surface area contributed by atoms with Gasteiger partial charge in [-0.15, -0.1) is 0 Å². The number of nitrogens with two attached hydrogens (primary N) is 1. The Morgan fingerprint density at radius 2 is 1.95 bits per heavy atom. The van der Waals surface area contributed by atoms with Crippen LogP contribution in [-0.4, -0.2) is 19.7 Å². The second kappa shape index (κ2) is 5.19. The molecule has 0 spiro atoms. The first kappa shape index (κ1) is 15.0. The van der Waals surface area contributed by atoms with Crippen LogP contribution >= 0.6 is 15.9 Å². The Bertz CT molecular complexity index is 569. The molecule has 1 aliphatic carbocycles. The van der Waals surface area contributed by atoms with Crippen molar-refractivity contribution >= 4 is 25.8 Å². The van der Waals surface area contributed by atoms with Gasteiger partial charge in [-0.25, -0.2) is 8.42 Å². The Morgan fingerprint density at radius 3 is 2.58 bits per heavy atom. The second-order valence-corrected chi connectivity index (χ2v) is 8.91. The Morgan fingerprint density at radius 1 is 1.32 bits per heavy atom. The average Bonchev–Trinajstić information content (AvgIpc) is 2.32. The van der Waals surface area contributed by atoms with E-state index in [0.29, 0.717) is 15.8 Å². The second-order valence-electron chi connectivity index (χ2n) is 5.92. The summed E-state index contributed by atoms with van der Waals surface area (Å²) in [6, 6.07) is 6.64. The van der Waals surface area contributed by atoms with Crippen LogP contribution in [0.15, 0.2) is 33.6 Å². The van der Waals surface area contributed by atoms with Crippen LogP contribution in [0.5, 0.6) is 0 Å². The summed E-state index contributed by atoms with van der Waals surface area (Å²) in [5.41, 5.74) is 6.11. The monoisotopic (exact) mass is 345 g/mol. The molecule has 5 heteroatoms. The van der Waals surface area contributed by atoms with Crippen LogP contribution < -0.4 is 5.73 Å². The zero-order chi connectivity index (χ0) is 14.3. The molecule has 1 aromatic carbocycles. The average molecular weight is 346 g/mol. The van der Waals surface area contributed by atoms with Gasteiger partial charge in [-0.3, -0.25) is 0 Å². The van der Waals surface area contributed by atoms with E-state index in [-0.39, 0.29) is 11.5 Å². The van der Waals surface area contributed by atoms with Crippen LogP contribution in [0.25, 0.3) is 0 Å². The third kappa shape index (κ3) is 2.73. The number of halogens is 1. The molecule has 19 heavy (non-hydrogen) atoms. The molecule has 1 saturated carbocycles. The highest BCUT2D eigenvalue weighted by atomic mass is 79.9. The Balaban J connectivity index is 2.43. The van der Waals surface area contributed by atoms with Crippen molar-refractivity contribution in [3.8, 4) is 0 Å². The van der Waals surface area contributed by atoms with Crippen LogP contribution in [0.3, 0.4) is 0 Å². The van der Waals surface area contributed by atoms with E-state index in [1.54, 1.807) is 18.2 Å². The van der Waals surface area contributed by atoms with E-state index >= 15 is 0 Å². The molecule has 1 aliphatic rings. The van der Waals surface area contributed by atoms with Gasteiger partial charge in [-0.2, -0.15) is 0 Å². The molecule has 0 saturated heterocycles. The fraction of sp³-hybridized carbons (Fsp3) is 0.571. The third-order valence-electron chi connectivity index (χ3n) is 4.15. The molecule has 0 bridgehead atoms. The maximum Gasteiger partial charge on any atom is 0.183 e. The number of benzene rings is 1. The maximum absolute atomic E-state index is 12.8. The molecule has 1 fully saturated rings. The predicted octanol–water partition coefficient (Wildman–Crippen LogP) is 3.13. The minimum Gasteiger partial charge on any atom is -0.326 e. The summed E-state index contributed by atoms with van der Waals surface area (Å²) >= 11 is 3.33. The Labute approximate surface area is 123 Å². The molecule has 0 aromatic heterocycles. The molecule has 3 nitrogen and oxygen atoms in total. The van der Waals surface area contributed by atoms with Crippen LogP contribution in [-0.2, 0) is 9.84 Å². The van der Waals surface area contributed by atoms with Crippen molar-refractivity contribution in [2.24, 2.45) is 11.1 Å². The minimum absolute atomic E-state index is 0.128. The molecular formula is C14H20BrNO2S. The van der Waals surface area contributed by atoms with Crippen molar-refractivity contribution in [3.63, 3.8) is 0 Å². The summed E-state index contributed by atoms with van der Waals surface area (Å²) < 4.78 is 26.2. The van der Waals surface area contributed by atoms with Crippen LogP contribution in [0.4, 0.5) is 0 Å². The molecule has 0 radical (unpaired) electrons. The van der Waals surface area contributed by atoms with Gasteiger partial charge in [0.2, 0.25) is 0 Å². The molecule has 0 aliphatic heterocycles. The van der Waals surface area contributed by atoms with Gasteiger partial charge in [0, 0.05) is 10.5 Å². The highest BCUT2D eigenvalue weighted by molar-refractivity contribution is 9.10. The van der Waals surface area contributed by atoms with Crippen LogP contribution in [0, 0.1) is 5.41 Å². The van der Waals surface area contributed by atoms with Gasteiger partial charge in [0.15, 0.2) is 9.84 Å². The van der Waals surface area contributed by atoms with Crippen molar-refractivity contribution in [1.29, 1.82) is 0 Å². The van der Waals surface area contributed by atoms with Crippen LogP contribution in [0.2, 0.25) is 0 Å². The lowest BCUT2D eigenvalue weighted by molar-refractivity contribution is 0.204. The fourth-order valence-electron chi connectivity index (χ4n) is 2.80. The lowest BCUT2D eigenvalue weighted by Crippen LogP contribution is -2.52. The quantitative estimate of drug-likeness (QED) is 0.895. The van der Waals surface area contributed by atoms with Gasteiger partial charge in [-0.05, 0) is 46.3 Å². The van der Waals surface area contributed by atoms with Gasteiger partial charge >= 0.3 is 0 Å². The van der Waals surface area contributed by atoms with Gasteiger partial charge in [0.05, 0.1) is 10.1 Å². The zero-order valence-electron chi connectivity index (χ0n) is 11.3. The summed E-state index contributed by atoms with van der Waals surface area (Å²) in [6.45, 7) is 4.11. The maximum atomic E-state index is 12.8. The van der Waals surface area contributed by atoms with E-state index in [9.17, 15) is 8.42 Å².